The van der Waals surface area contributed by atoms with Gasteiger partial charge in [-0.05, 0) is 13.0 Å². The van der Waals surface area contributed by atoms with Crippen LogP contribution in [0, 0.1) is 6.92 Å². The molecule has 4 N–H and O–H groups in total. The van der Waals surface area contributed by atoms with Crippen molar-refractivity contribution in [3.05, 3.63) is 47.3 Å². The van der Waals surface area contributed by atoms with Gasteiger partial charge in [-0.25, -0.2) is 29.6 Å². The van der Waals surface area contributed by atoms with E-state index in [0.717, 1.165) is 0 Å². The first-order valence-corrected chi connectivity index (χ1v) is 9.04. The molecule has 0 amide bonds. The van der Waals surface area contributed by atoms with E-state index in [2.05, 4.69) is 35.0 Å². The van der Waals surface area contributed by atoms with Gasteiger partial charge in [-0.2, -0.15) is 0 Å². The maximum Gasteiger partial charge on any atom is 0.158 e. The van der Waals surface area contributed by atoms with Gasteiger partial charge in [-0.1, -0.05) is 11.6 Å². The number of aryl methyl sites for hydroxylation is 1. The highest BCUT2D eigenvalue weighted by molar-refractivity contribution is 7.77. The Kier molecular flexibility index (Phi) is 5.86. The van der Waals surface area contributed by atoms with Crippen LogP contribution in [0.15, 0.2) is 30.7 Å². The molecule has 3 heterocycles. The number of pyridine rings is 1. The summed E-state index contributed by atoms with van der Waals surface area (Å²) < 4.78 is 23.6. The third-order valence-electron chi connectivity index (χ3n) is 3.35. The van der Waals surface area contributed by atoms with Gasteiger partial charge in [0, 0.05) is 41.8 Å². The van der Waals surface area contributed by atoms with Crippen LogP contribution in [-0.4, -0.2) is 33.7 Å². The van der Waals surface area contributed by atoms with Gasteiger partial charge in [0.15, 0.2) is 5.82 Å². The van der Waals surface area contributed by atoms with Gasteiger partial charge in [0.25, 0.3) is 0 Å². The number of nitrogens with zero attached hydrogens (tertiary/aromatic N) is 5. The molecular formula is C15H14ClN8O2S-. The number of rotatable bonds is 6. The molecule has 0 aliphatic carbocycles. The van der Waals surface area contributed by atoms with Crippen molar-refractivity contribution in [2.24, 2.45) is 0 Å². The lowest BCUT2D eigenvalue weighted by molar-refractivity contribution is 0.522. The van der Waals surface area contributed by atoms with Gasteiger partial charge in [0.05, 0.1) is 17.6 Å². The van der Waals surface area contributed by atoms with Crippen molar-refractivity contribution < 1.29 is 8.76 Å². The minimum Gasteiger partial charge on any atom is -0.760 e. The molecule has 0 bridgehead atoms. The fraction of sp³-hybridized carbons (Fsp3) is 0.133. The number of halogens is 1. The molecule has 0 spiro atoms. The molecule has 0 aliphatic rings. The maximum atomic E-state index is 10.7. The van der Waals surface area contributed by atoms with Crippen LogP contribution in [0.2, 0.25) is 5.15 Å². The molecule has 1 atom stereocenters. The number of hydrogen-bond donors (Lipinski definition) is 3. The van der Waals surface area contributed by atoms with E-state index in [1.54, 1.807) is 19.1 Å². The van der Waals surface area contributed by atoms with E-state index in [0.29, 0.717) is 40.1 Å². The zero-order chi connectivity index (χ0) is 19.4. The van der Waals surface area contributed by atoms with Crippen LogP contribution in [0.4, 0.5) is 17.3 Å². The summed E-state index contributed by atoms with van der Waals surface area (Å²) >= 11 is 3.60. The standard InChI is InChI=1S/C15H15ClN8O2S/c1-8-22-11(5-12(17)23-8)13-15(19-3-2-18-13)24-10-4-9(6-21-27(25)26)14(16)20-7-10/h2-5,7,21H,6H2,1H3,(H,19,24)(H,25,26)(H2,17,22,23)/p-1. The van der Waals surface area contributed by atoms with E-state index in [-0.39, 0.29) is 11.7 Å². The lowest BCUT2D eigenvalue weighted by Gasteiger charge is -2.12. The topological polar surface area (TPSA) is 155 Å². The summed E-state index contributed by atoms with van der Waals surface area (Å²) in [6, 6.07) is 3.26. The number of anilines is 3. The minimum absolute atomic E-state index is 0.00638. The number of nitrogens with two attached hydrogens (primary N) is 1. The average molecular weight is 406 g/mol. The third-order valence-corrected chi connectivity index (χ3v) is 4.07. The van der Waals surface area contributed by atoms with Gasteiger partial charge in [-0.15, -0.1) is 0 Å². The molecule has 0 aromatic carbocycles. The third kappa shape index (κ3) is 4.92. The van der Waals surface area contributed by atoms with Crippen LogP contribution in [0.5, 0.6) is 0 Å². The van der Waals surface area contributed by atoms with Crippen LogP contribution in [0.25, 0.3) is 11.4 Å². The Morgan fingerprint density at radius 2 is 2.00 bits per heavy atom. The van der Waals surface area contributed by atoms with Gasteiger partial charge in [0.2, 0.25) is 0 Å². The fourth-order valence-corrected chi connectivity index (χ4v) is 2.73. The first-order valence-electron chi connectivity index (χ1n) is 7.59. The van der Waals surface area contributed by atoms with Crippen molar-refractivity contribution in [2.45, 2.75) is 13.5 Å². The number of hydrogen-bond acceptors (Lipinski definition) is 9. The van der Waals surface area contributed by atoms with E-state index >= 15 is 0 Å². The van der Waals surface area contributed by atoms with Gasteiger partial charge >= 0.3 is 0 Å². The van der Waals surface area contributed by atoms with Crippen molar-refractivity contribution in [2.75, 3.05) is 11.1 Å². The lowest BCUT2D eigenvalue weighted by Crippen LogP contribution is -2.16. The van der Waals surface area contributed by atoms with Crippen LogP contribution in [-0.2, 0) is 17.8 Å². The summed E-state index contributed by atoms with van der Waals surface area (Å²) in [5.41, 5.74) is 7.83. The van der Waals surface area contributed by atoms with E-state index in [1.165, 1.54) is 18.6 Å². The van der Waals surface area contributed by atoms with Crippen molar-refractivity contribution in [1.29, 1.82) is 0 Å². The predicted molar refractivity (Wildman–Crippen MR) is 100 cm³/mol. The quantitative estimate of drug-likeness (QED) is 0.408. The molecule has 12 heteroatoms. The second-order valence-corrected chi connectivity index (χ2v) is 6.45. The van der Waals surface area contributed by atoms with Crippen LogP contribution < -0.4 is 15.8 Å². The summed E-state index contributed by atoms with van der Waals surface area (Å²) in [7, 11) is 0. The molecular weight excluding hydrogens is 392 g/mol. The molecule has 0 aliphatic heterocycles. The summed E-state index contributed by atoms with van der Waals surface area (Å²) in [5.74, 6) is 1.25. The molecule has 1 unspecified atom stereocenters. The van der Waals surface area contributed by atoms with Crippen LogP contribution in [0.1, 0.15) is 11.4 Å². The Bertz CT molecular complexity index is 983. The van der Waals surface area contributed by atoms with E-state index < -0.39 is 11.3 Å². The van der Waals surface area contributed by atoms with Gasteiger partial charge < -0.3 is 15.6 Å². The number of nitrogen functional groups attached to an aromatic ring is 1. The van der Waals surface area contributed by atoms with Gasteiger partial charge in [-0.3, -0.25) is 4.21 Å². The first-order chi connectivity index (χ1) is 12.9. The molecule has 3 aromatic heterocycles. The Hall–Kier alpha value is -2.73. The maximum absolute atomic E-state index is 10.7. The highest BCUT2D eigenvalue weighted by atomic mass is 35.5. The Labute approximate surface area is 162 Å². The molecule has 0 fully saturated rings. The average Bonchev–Trinajstić information content (AvgIpc) is 2.61. The highest BCUT2D eigenvalue weighted by Crippen LogP contribution is 2.27. The second kappa shape index (κ2) is 8.31. The summed E-state index contributed by atoms with van der Waals surface area (Å²) in [6.45, 7) is 1.73. The minimum atomic E-state index is -2.41. The molecule has 3 aromatic rings. The van der Waals surface area contributed by atoms with Gasteiger partial charge in [0.1, 0.15) is 22.5 Å². The largest absolute Gasteiger partial charge is 0.760 e. The Balaban J connectivity index is 1.93. The lowest BCUT2D eigenvalue weighted by atomic mass is 10.2. The molecule has 3 rings (SSSR count). The smallest absolute Gasteiger partial charge is 0.158 e. The first kappa shape index (κ1) is 19.0. The predicted octanol–water partition coefficient (Wildman–Crippen LogP) is 1.50. The fourth-order valence-electron chi connectivity index (χ4n) is 2.29. The SMILES string of the molecule is Cc1nc(N)cc(-c2nccnc2Nc2cnc(Cl)c(CNS(=O)[O-])c2)n1. The zero-order valence-electron chi connectivity index (χ0n) is 14.0. The van der Waals surface area contributed by atoms with Crippen LogP contribution in [0.3, 0.4) is 0 Å². The highest BCUT2D eigenvalue weighted by Gasteiger charge is 2.12. The summed E-state index contributed by atoms with van der Waals surface area (Å²) in [6.07, 6.45) is 4.56. The summed E-state index contributed by atoms with van der Waals surface area (Å²) in [5, 5.41) is 3.28. The Morgan fingerprint density at radius 3 is 2.74 bits per heavy atom. The Morgan fingerprint density at radius 1 is 1.22 bits per heavy atom. The van der Waals surface area contributed by atoms with Crippen molar-refractivity contribution >= 4 is 40.2 Å². The van der Waals surface area contributed by atoms with Crippen molar-refractivity contribution in [1.82, 2.24) is 29.6 Å². The van der Waals surface area contributed by atoms with Crippen LogP contribution >= 0.6 is 11.6 Å². The molecule has 0 saturated carbocycles. The molecule has 0 radical (unpaired) electrons. The van der Waals surface area contributed by atoms with E-state index in [4.69, 9.17) is 17.3 Å². The van der Waals surface area contributed by atoms with E-state index in [1.807, 2.05) is 0 Å². The normalized spacial score (nSPS) is 12.0. The van der Waals surface area contributed by atoms with Crippen molar-refractivity contribution in [3.8, 4) is 11.4 Å². The molecule has 0 saturated heterocycles. The summed E-state index contributed by atoms with van der Waals surface area (Å²) in [4.78, 5) is 21.0. The number of aromatic nitrogens is 5. The van der Waals surface area contributed by atoms with E-state index in [9.17, 15) is 8.76 Å². The second-order valence-electron chi connectivity index (χ2n) is 5.33. The van der Waals surface area contributed by atoms with Crippen molar-refractivity contribution in [3.63, 3.8) is 0 Å². The molecule has 27 heavy (non-hydrogen) atoms. The monoisotopic (exact) mass is 405 g/mol. The molecule has 10 nitrogen and oxygen atoms in total. The molecule has 140 valence electrons. The number of nitrogens with one attached hydrogen (secondary N) is 2. The zero-order valence-corrected chi connectivity index (χ0v) is 15.6.